The molecule has 0 atom stereocenters. The van der Waals surface area contributed by atoms with Crippen molar-refractivity contribution in [2.45, 2.75) is 20.5 Å². The molecule has 0 fully saturated rings. The van der Waals surface area contributed by atoms with Gasteiger partial charge in [-0.3, -0.25) is 5.32 Å². The number of carbonyl (C=O) groups excluding carboxylic acids is 2. The maximum Gasteiger partial charge on any atom is 0.411 e. The van der Waals surface area contributed by atoms with Crippen molar-refractivity contribution in [3.63, 3.8) is 0 Å². The van der Waals surface area contributed by atoms with Crippen molar-refractivity contribution in [1.82, 2.24) is 0 Å². The third kappa shape index (κ3) is 5.88. The Bertz CT molecular complexity index is 1350. The molecule has 0 bridgehead atoms. The minimum atomic E-state index is -0.672. The van der Waals surface area contributed by atoms with Gasteiger partial charge in [0.2, 0.25) is 13.4 Å². The summed E-state index contributed by atoms with van der Waals surface area (Å²) in [4.78, 5) is 40.8. The molecular formula is C24H22N2O9. The first-order chi connectivity index (χ1) is 16.9. The Morgan fingerprint density at radius 2 is 1.89 bits per heavy atom. The van der Waals surface area contributed by atoms with Gasteiger partial charge in [0.15, 0.2) is 11.5 Å². The molecule has 0 radical (unpaired) electrons. The highest BCUT2D eigenvalue weighted by atomic mass is 16.7. The maximum atomic E-state index is 12.1. The molecule has 11 nitrogen and oxygen atoms in total. The number of fused-ring (bicyclic) bond motifs is 2. The normalized spacial score (nSPS) is 12.3. The van der Waals surface area contributed by atoms with Crippen molar-refractivity contribution in [2.75, 3.05) is 25.3 Å². The van der Waals surface area contributed by atoms with Gasteiger partial charge >= 0.3 is 17.7 Å². The van der Waals surface area contributed by atoms with Gasteiger partial charge in [-0.2, -0.15) is 0 Å². The molecule has 2 aromatic carbocycles. The summed E-state index contributed by atoms with van der Waals surface area (Å²) in [6, 6.07) is 11.3. The lowest BCUT2D eigenvalue weighted by Crippen LogP contribution is -2.14. The zero-order chi connectivity index (χ0) is 24.8. The highest BCUT2D eigenvalue weighted by molar-refractivity contribution is 5.99. The average Bonchev–Trinajstić information content (AvgIpc) is 3.30. The van der Waals surface area contributed by atoms with Crippen LogP contribution in [-0.4, -0.2) is 37.8 Å². The van der Waals surface area contributed by atoms with Crippen LogP contribution in [-0.2, 0) is 25.7 Å². The number of oxime groups is 1. The van der Waals surface area contributed by atoms with Gasteiger partial charge in [0.1, 0.15) is 12.2 Å². The number of rotatable bonds is 8. The number of ether oxygens (including phenoxy) is 4. The molecule has 4 rings (SSSR count). The second kappa shape index (κ2) is 10.6. The van der Waals surface area contributed by atoms with Crippen molar-refractivity contribution in [1.29, 1.82) is 0 Å². The zero-order valence-corrected chi connectivity index (χ0v) is 19.0. The van der Waals surface area contributed by atoms with Crippen LogP contribution in [0.1, 0.15) is 25.0 Å². The summed E-state index contributed by atoms with van der Waals surface area (Å²) in [7, 11) is 0. The van der Waals surface area contributed by atoms with Crippen molar-refractivity contribution in [2.24, 2.45) is 5.16 Å². The van der Waals surface area contributed by atoms with Gasteiger partial charge in [-0.25, -0.2) is 14.4 Å². The lowest BCUT2D eigenvalue weighted by atomic mass is 10.1. The predicted molar refractivity (Wildman–Crippen MR) is 124 cm³/mol. The molecule has 0 unspecified atom stereocenters. The minimum Gasteiger partial charge on any atom is -0.458 e. The molecular weight excluding hydrogens is 460 g/mol. The van der Waals surface area contributed by atoms with Crippen LogP contribution in [0.2, 0.25) is 0 Å². The first-order valence-corrected chi connectivity index (χ1v) is 10.7. The van der Waals surface area contributed by atoms with Gasteiger partial charge in [-0.15, -0.1) is 0 Å². The number of carbonyl (C=O) groups is 2. The number of nitrogens with zero attached hydrogens (tertiary/aromatic N) is 1. The third-order valence-electron chi connectivity index (χ3n) is 4.91. The molecule has 1 aliphatic rings. The molecule has 0 saturated carbocycles. The zero-order valence-electron chi connectivity index (χ0n) is 19.0. The molecule has 1 aliphatic heterocycles. The van der Waals surface area contributed by atoms with Gasteiger partial charge < -0.3 is 28.2 Å². The highest BCUT2D eigenvalue weighted by Gasteiger charge is 2.15. The molecule has 0 aliphatic carbocycles. The summed E-state index contributed by atoms with van der Waals surface area (Å²) in [5.41, 5.74) is 1.71. The van der Waals surface area contributed by atoms with E-state index in [1.165, 1.54) is 12.1 Å². The molecule has 11 heteroatoms. The van der Waals surface area contributed by atoms with Crippen molar-refractivity contribution < 1.29 is 37.8 Å². The van der Waals surface area contributed by atoms with E-state index in [4.69, 9.17) is 28.2 Å². The summed E-state index contributed by atoms with van der Waals surface area (Å²) < 4.78 is 25.9. The van der Waals surface area contributed by atoms with E-state index >= 15 is 0 Å². The second-order valence-corrected chi connectivity index (χ2v) is 7.33. The van der Waals surface area contributed by atoms with Crippen LogP contribution in [0.25, 0.3) is 11.0 Å². The summed E-state index contributed by atoms with van der Waals surface area (Å²) in [6.07, 6.45) is -0.629. The summed E-state index contributed by atoms with van der Waals surface area (Å²) in [5, 5.41) is 7.01. The Morgan fingerprint density at radius 1 is 1.06 bits per heavy atom. The van der Waals surface area contributed by atoms with E-state index in [0.29, 0.717) is 33.8 Å². The largest absolute Gasteiger partial charge is 0.458 e. The Morgan fingerprint density at radius 3 is 2.71 bits per heavy atom. The van der Waals surface area contributed by atoms with Gasteiger partial charge in [0.25, 0.3) is 0 Å². The first kappa shape index (κ1) is 23.6. The monoisotopic (exact) mass is 482 g/mol. The number of anilines is 1. The Kier molecular flexibility index (Phi) is 7.15. The molecule has 1 aromatic heterocycles. The fourth-order valence-corrected chi connectivity index (χ4v) is 3.27. The van der Waals surface area contributed by atoms with Crippen molar-refractivity contribution >= 4 is 34.4 Å². The van der Waals surface area contributed by atoms with E-state index in [0.717, 1.165) is 5.56 Å². The van der Waals surface area contributed by atoms with Crippen LogP contribution < -0.4 is 20.4 Å². The molecule has 0 spiro atoms. The molecule has 2 heterocycles. The number of esters is 1. The van der Waals surface area contributed by atoms with Crippen LogP contribution in [0, 0.1) is 0 Å². The molecule has 35 heavy (non-hydrogen) atoms. The van der Waals surface area contributed by atoms with E-state index in [-0.39, 0.29) is 25.6 Å². The quantitative estimate of drug-likeness (QED) is 0.221. The molecule has 1 amide bonds. The fourth-order valence-electron chi connectivity index (χ4n) is 3.27. The lowest BCUT2D eigenvalue weighted by Gasteiger charge is -2.09. The van der Waals surface area contributed by atoms with Crippen molar-refractivity contribution in [3.8, 4) is 11.5 Å². The topological polar surface area (TPSA) is 135 Å². The van der Waals surface area contributed by atoms with E-state index in [2.05, 4.69) is 10.5 Å². The molecule has 182 valence electrons. The van der Waals surface area contributed by atoms with E-state index < -0.39 is 24.3 Å². The van der Waals surface area contributed by atoms with E-state index in [1.54, 1.807) is 44.2 Å². The number of nitrogens with one attached hydrogen (secondary N) is 1. The standard InChI is InChI=1S/C24H22N2O9/c1-3-30-24(29)25-17-5-6-18-16(9-22(27)35-20(18)10-17)11-31-23(28)12-34-26-14(2)15-4-7-19-21(8-15)33-13-32-19/h4-10H,3,11-13H2,1-2H3,(H,25,29)/b26-14+. The third-order valence-corrected chi connectivity index (χ3v) is 4.91. The number of hydrogen-bond acceptors (Lipinski definition) is 10. The summed E-state index contributed by atoms with van der Waals surface area (Å²) in [6.45, 7) is 3.20. The number of hydrogen-bond donors (Lipinski definition) is 1. The Balaban J connectivity index is 1.35. The highest BCUT2D eigenvalue weighted by Crippen LogP contribution is 2.32. The molecule has 1 N–H and O–H groups in total. The molecule has 3 aromatic rings. The number of benzene rings is 2. The predicted octanol–water partition coefficient (Wildman–Crippen LogP) is 3.57. The number of amides is 1. The van der Waals surface area contributed by atoms with Crippen LogP contribution >= 0.6 is 0 Å². The van der Waals surface area contributed by atoms with Crippen LogP contribution in [0.3, 0.4) is 0 Å². The van der Waals surface area contributed by atoms with Crippen molar-refractivity contribution in [3.05, 3.63) is 64.0 Å². The van der Waals surface area contributed by atoms with Gasteiger partial charge in [0, 0.05) is 34.3 Å². The Labute approximate surface area is 199 Å². The minimum absolute atomic E-state index is 0.168. The van der Waals surface area contributed by atoms with E-state index in [9.17, 15) is 14.4 Å². The summed E-state index contributed by atoms with van der Waals surface area (Å²) in [5.74, 6) is 0.592. The first-order valence-electron chi connectivity index (χ1n) is 10.7. The molecule has 0 saturated heterocycles. The van der Waals surface area contributed by atoms with Gasteiger partial charge in [0.05, 0.1) is 12.3 Å². The van der Waals surface area contributed by atoms with Crippen LogP contribution in [0.4, 0.5) is 10.5 Å². The lowest BCUT2D eigenvalue weighted by molar-refractivity contribution is -0.150. The van der Waals surface area contributed by atoms with Crippen LogP contribution in [0.5, 0.6) is 11.5 Å². The van der Waals surface area contributed by atoms with Gasteiger partial charge in [-0.1, -0.05) is 5.16 Å². The Hall–Kier alpha value is -4.54. The average molecular weight is 482 g/mol. The van der Waals surface area contributed by atoms with Crippen LogP contribution in [0.15, 0.2) is 56.8 Å². The van der Waals surface area contributed by atoms with Gasteiger partial charge in [-0.05, 0) is 44.2 Å². The SMILES string of the molecule is CCOC(=O)Nc1ccc2c(COC(=O)CO/N=C(\C)c3ccc4c(c3)OCO4)cc(=O)oc2c1. The second-order valence-electron chi connectivity index (χ2n) is 7.33. The summed E-state index contributed by atoms with van der Waals surface area (Å²) >= 11 is 0. The van der Waals surface area contributed by atoms with E-state index in [1.807, 2.05) is 0 Å². The maximum absolute atomic E-state index is 12.1. The fraction of sp³-hybridized carbons (Fsp3) is 0.250. The smallest absolute Gasteiger partial charge is 0.411 e.